The number of aromatic nitrogens is 4. The standard InChI is InChI=1S/C28H26F3N7O2.C2H6/c29-28(30,31)20-9-10-33-21(14-20)35-26(39)17-5-3-16(4-6-17)22-23-24(32)34-11-13-38(23)25(36-22)19-2-1-12-37(15-19)27(40)18-7-8-18;1-2/h3-6,9-11,13-14,18-19H,1-2,7-8,12,15H2,(H2,32,34)(H,33,35,39);1-2H3. The highest BCUT2D eigenvalue weighted by Gasteiger charge is 2.37. The second-order valence-corrected chi connectivity index (χ2v) is 10.2. The summed E-state index contributed by atoms with van der Waals surface area (Å²) in [4.78, 5) is 40.4. The van der Waals surface area contributed by atoms with E-state index in [0.29, 0.717) is 29.1 Å². The van der Waals surface area contributed by atoms with Crippen molar-refractivity contribution in [3.05, 3.63) is 71.9 Å². The van der Waals surface area contributed by atoms with Crippen molar-refractivity contribution in [2.24, 2.45) is 5.92 Å². The summed E-state index contributed by atoms with van der Waals surface area (Å²) in [6.45, 7) is 5.35. The van der Waals surface area contributed by atoms with Gasteiger partial charge in [0.25, 0.3) is 5.91 Å². The minimum Gasteiger partial charge on any atom is -0.382 e. The van der Waals surface area contributed by atoms with E-state index in [1.54, 1.807) is 30.5 Å². The van der Waals surface area contributed by atoms with E-state index in [2.05, 4.69) is 15.3 Å². The molecule has 1 saturated carbocycles. The first-order valence-corrected chi connectivity index (χ1v) is 14.1. The number of piperidine rings is 1. The molecule has 1 saturated heterocycles. The average Bonchev–Trinajstić information content (AvgIpc) is 3.78. The molecule has 1 aliphatic carbocycles. The Morgan fingerprint density at radius 1 is 1.02 bits per heavy atom. The van der Waals surface area contributed by atoms with E-state index in [-0.39, 0.29) is 29.1 Å². The fourth-order valence-corrected chi connectivity index (χ4v) is 5.20. The number of imidazole rings is 1. The molecule has 2 aliphatic rings. The summed E-state index contributed by atoms with van der Waals surface area (Å²) in [5.41, 5.74) is 7.53. The lowest BCUT2D eigenvalue weighted by Crippen LogP contribution is -2.40. The van der Waals surface area contributed by atoms with Crippen molar-refractivity contribution < 1.29 is 22.8 Å². The van der Waals surface area contributed by atoms with E-state index >= 15 is 0 Å². The van der Waals surface area contributed by atoms with Gasteiger partial charge in [-0.3, -0.25) is 14.0 Å². The van der Waals surface area contributed by atoms with E-state index in [9.17, 15) is 22.8 Å². The minimum atomic E-state index is -4.55. The Bertz CT molecular complexity index is 1600. The summed E-state index contributed by atoms with van der Waals surface area (Å²) < 4.78 is 40.9. The number of anilines is 2. The van der Waals surface area contributed by atoms with Gasteiger partial charge in [-0.2, -0.15) is 13.2 Å². The number of nitrogens with zero attached hydrogens (tertiary/aromatic N) is 5. The van der Waals surface area contributed by atoms with Crippen LogP contribution in [0.1, 0.15) is 67.2 Å². The molecule has 2 amide bonds. The van der Waals surface area contributed by atoms with Gasteiger partial charge in [-0.25, -0.2) is 15.0 Å². The molecule has 1 atom stereocenters. The average molecular weight is 580 g/mol. The number of nitrogens with two attached hydrogens (primary N) is 1. The lowest BCUT2D eigenvalue weighted by Gasteiger charge is -2.32. The van der Waals surface area contributed by atoms with Crippen molar-refractivity contribution in [3.63, 3.8) is 0 Å². The van der Waals surface area contributed by atoms with E-state index in [4.69, 9.17) is 10.7 Å². The molecular formula is C30H32F3N7O2. The van der Waals surface area contributed by atoms with Crippen molar-refractivity contribution in [2.45, 2.75) is 51.6 Å². The number of carbonyl (C=O) groups is 2. The highest BCUT2D eigenvalue weighted by molar-refractivity contribution is 6.04. The second kappa shape index (κ2) is 11.8. The van der Waals surface area contributed by atoms with Crippen molar-refractivity contribution in [2.75, 3.05) is 24.1 Å². The quantitative estimate of drug-likeness (QED) is 0.309. The van der Waals surface area contributed by atoms with Gasteiger partial charge in [-0.05, 0) is 49.9 Å². The number of pyridine rings is 1. The maximum absolute atomic E-state index is 13.0. The van der Waals surface area contributed by atoms with Gasteiger partial charge in [-0.15, -0.1) is 0 Å². The lowest BCUT2D eigenvalue weighted by atomic mass is 9.97. The van der Waals surface area contributed by atoms with Gasteiger partial charge in [0.15, 0.2) is 0 Å². The SMILES string of the molecule is CC.Nc1nccn2c(C3CCCN(C(=O)C4CC4)C3)nc(-c3ccc(C(=O)Nc4cc(C(F)(F)F)ccn4)cc3)c12. The van der Waals surface area contributed by atoms with Crippen LogP contribution in [0.25, 0.3) is 16.8 Å². The van der Waals surface area contributed by atoms with Crippen LogP contribution in [-0.4, -0.2) is 49.2 Å². The van der Waals surface area contributed by atoms with Crippen LogP contribution in [0.15, 0.2) is 55.0 Å². The number of rotatable bonds is 5. The van der Waals surface area contributed by atoms with Crippen LogP contribution >= 0.6 is 0 Å². The monoisotopic (exact) mass is 579 g/mol. The normalized spacial score (nSPS) is 17.0. The maximum atomic E-state index is 13.0. The predicted octanol–water partition coefficient (Wildman–Crippen LogP) is 5.79. The second-order valence-electron chi connectivity index (χ2n) is 10.2. The Balaban J connectivity index is 0.00000173. The summed E-state index contributed by atoms with van der Waals surface area (Å²) >= 11 is 0. The van der Waals surface area contributed by atoms with Crippen LogP contribution in [0.3, 0.4) is 0 Å². The third-order valence-electron chi connectivity index (χ3n) is 7.38. The minimum absolute atomic E-state index is 0.0320. The molecule has 3 N–H and O–H groups in total. The largest absolute Gasteiger partial charge is 0.416 e. The third-order valence-corrected chi connectivity index (χ3v) is 7.38. The fourth-order valence-electron chi connectivity index (χ4n) is 5.20. The molecule has 220 valence electrons. The summed E-state index contributed by atoms with van der Waals surface area (Å²) in [5, 5.41) is 2.41. The molecule has 6 rings (SSSR count). The number of nitrogen functional groups attached to an aromatic ring is 1. The first kappa shape index (κ1) is 29.0. The van der Waals surface area contributed by atoms with E-state index in [1.807, 2.05) is 29.3 Å². The highest BCUT2D eigenvalue weighted by Crippen LogP contribution is 2.37. The molecule has 4 heterocycles. The topological polar surface area (TPSA) is 119 Å². The molecule has 1 unspecified atom stereocenters. The number of benzene rings is 1. The first-order valence-electron chi connectivity index (χ1n) is 14.1. The number of hydrogen-bond donors (Lipinski definition) is 2. The van der Waals surface area contributed by atoms with Gasteiger partial charge in [0.05, 0.1) is 5.56 Å². The van der Waals surface area contributed by atoms with Crippen LogP contribution in [0.5, 0.6) is 0 Å². The molecule has 0 radical (unpaired) electrons. The molecule has 12 heteroatoms. The smallest absolute Gasteiger partial charge is 0.382 e. The van der Waals surface area contributed by atoms with Gasteiger partial charge in [0.1, 0.15) is 28.7 Å². The Morgan fingerprint density at radius 3 is 2.45 bits per heavy atom. The predicted molar refractivity (Wildman–Crippen MR) is 153 cm³/mol. The number of hydrogen-bond acceptors (Lipinski definition) is 6. The third kappa shape index (κ3) is 5.93. The van der Waals surface area contributed by atoms with Crippen molar-refractivity contribution in [3.8, 4) is 11.3 Å². The summed E-state index contributed by atoms with van der Waals surface area (Å²) in [6.07, 6.45) is 3.57. The molecule has 9 nitrogen and oxygen atoms in total. The summed E-state index contributed by atoms with van der Waals surface area (Å²) in [7, 11) is 0. The zero-order valence-electron chi connectivity index (χ0n) is 23.4. The number of fused-ring (bicyclic) bond motifs is 1. The van der Waals surface area contributed by atoms with E-state index in [1.165, 1.54) is 0 Å². The fraction of sp³-hybridized carbons (Fsp3) is 0.367. The number of likely N-dealkylation sites (tertiary alicyclic amines) is 1. The molecule has 1 aromatic carbocycles. The molecule has 0 spiro atoms. The molecule has 3 aromatic heterocycles. The number of amides is 2. The van der Waals surface area contributed by atoms with Crippen LogP contribution < -0.4 is 11.1 Å². The Labute approximate surface area is 241 Å². The van der Waals surface area contributed by atoms with Crippen LogP contribution in [0.4, 0.5) is 24.8 Å². The van der Waals surface area contributed by atoms with Crippen molar-refractivity contribution in [1.82, 2.24) is 24.3 Å². The Morgan fingerprint density at radius 2 is 1.76 bits per heavy atom. The number of nitrogens with one attached hydrogen (secondary N) is 1. The van der Waals surface area contributed by atoms with E-state index in [0.717, 1.165) is 56.4 Å². The van der Waals surface area contributed by atoms with Crippen molar-refractivity contribution >= 4 is 29.0 Å². The molecule has 0 bridgehead atoms. The maximum Gasteiger partial charge on any atom is 0.416 e. The molecule has 42 heavy (non-hydrogen) atoms. The number of alkyl halides is 3. The zero-order chi connectivity index (χ0) is 30.0. The molecular weight excluding hydrogens is 547 g/mol. The van der Waals surface area contributed by atoms with Crippen LogP contribution in [0, 0.1) is 5.92 Å². The summed E-state index contributed by atoms with van der Waals surface area (Å²) in [5.74, 6) is 0.712. The first-order chi connectivity index (χ1) is 20.2. The zero-order valence-corrected chi connectivity index (χ0v) is 23.4. The summed E-state index contributed by atoms with van der Waals surface area (Å²) in [6, 6.07) is 8.15. The number of halogens is 3. The van der Waals surface area contributed by atoms with E-state index < -0.39 is 17.6 Å². The van der Waals surface area contributed by atoms with Crippen molar-refractivity contribution in [1.29, 1.82) is 0 Å². The highest BCUT2D eigenvalue weighted by atomic mass is 19.4. The Hall–Kier alpha value is -4.48. The molecule has 1 aliphatic heterocycles. The van der Waals surface area contributed by atoms with Gasteiger partial charge in [0, 0.05) is 54.6 Å². The van der Waals surface area contributed by atoms with Gasteiger partial charge >= 0.3 is 6.18 Å². The number of carbonyl (C=O) groups excluding carboxylic acids is 2. The van der Waals surface area contributed by atoms with Gasteiger partial charge in [0.2, 0.25) is 5.91 Å². The Kier molecular flexibility index (Phi) is 8.15. The molecule has 4 aromatic rings. The molecule has 2 fully saturated rings. The van der Waals surface area contributed by atoms with Crippen LogP contribution in [0.2, 0.25) is 0 Å². The lowest BCUT2D eigenvalue weighted by molar-refractivity contribution is -0.137. The van der Waals surface area contributed by atoms with Gasteiger partial charge in [-0.1, -0.05) is 26.0 Å². The van der Waals surface area contributed by atoms with Crippen LogP contribution in [-0.2, 0) is 11.0 Å². The van der Waals surface area contributed by atoms with Gasteiger partial charge < -0.3 is 16.0 Å².